The number of hydrogen-bond acceptors (Lipinski definition) is 4. The van der Waals surface area contributed by atoms with Crippen molar-refractivity contribution >= 4 is 17.7 Å². The van der Waals surface area contributed by atoms with Gasteiger partial charge in [0.05, 0.1) is 5.69 Å². The molecule has 1 amide bonds. The predicted molar refractivity (Wildman–Crippen MR) is 99.4 cm³/mol. The molecule has 0 aliphatic heterocycles. The molecular weight excluding hydrogens is 326 g/mol. The zero-order chi connectivity index (χ0) is 18.2. The monoisotopic (exact) mass is 341 g/mol. The highest BCUT2D eigenvalue weighted by atomic mass is 16.5. The van der Waals surface area contributed by atoms with Crippen LogP contribution in [0.5, 0.6) is 11.5 Å². The van der Waals surface area contributed by atoms with Crippen LogP contribution in [-0.4, -0.2) is 10.9 Å². The Morgan fingerprint density at radius 2 is 1.69 bits per heavy atom. The van der Waals surface area contributed by atoms with Crippen LogP contribution in [0.4, 0.5) is 5.69 Å². The highest BCUT2D eigenvalue weighted by Gasteiger charge is 2.13. The van der Waals surface area contributed by atoms with Gasteiger partial charge in [-0.05, 0) is 48.0 Å². The maximum absolute atomic E-state index is 12.5. The molecule has 0 unspecified atom stereocenters. The third kappa shape index (κ3) is 4.34. The molecule has 1 aromatic heterocycles. The van der Waals surface area contributed by atoms with Crippen molar-refractivity contribution in [3.8, 4) is 17.6 Å². The Balaban J connectivity index is 1.81. The second-order valence-electron chi connectivity index (χ2n) is 5.32. The third-order valence-electron chi connectivity index (χ3n) is 3.49. The molecule has 0 spiro atoms. The molecule has 0 bridgehead atoms. The van der Waals surface area contributed by atoms with Gasteiger partial charge in [0.2, 0.25) is 0 Å². The number of nitrogens with one attached hydrogen (secondary N) is 1. The maximum Gasteiger partial charge on any atom is 0.266 e. The molecule has 0 atom stereocenters. The largest absolute Gasteiger partial charge is 0.455 e. The van der Waals surface area contributed by atoms with Gasteiger partial charge in [-0.15, -0.1) is 0 Å². The van der Waals surface area contributed by atoms with E-state index < -0.39 is 5.91 Å². The average Bonchev–Trinajstić information content (AvgIpc) is 2.69. The number of ether oxygens (including phenoxy) is 1. The molecule has 126 valence electrons. The van der Waals surface area contributed by atoms with Gasteiger partial charge in [-0.2, -0.15) is 5.26 Å². The van der Waals surface area contributed by atoms with Gasteiger partial charge >= 0.3 is 0 Å². The van der Waals surface area contributed by atoms with Crippen molar-refractivity contribution in [1.29, 1.82) is 5.26 Å². The van der Waals surface area contributed by atoms with E-state index >= 15 is 0 Å². The lowest BCUT2D eigenvalue weighted by Gasteiger charge is -2.12. The van der Waals surface area contributed by atoms with Gasteiger partial charge in [0, 0.05) is 12.4 Å². The number of anilines is 1. The van der Waals surface area contributed by atoms with Gasteiger partial charge in [-0.1, -0.05) is 30.3 Å². The summed E-state index contributed by atoms with van der Waals surface area (Å²) in [6.07, 6.45) is 4.71. The van der Waals surface area contributed by atoms with Crippen LogP contribution in [0.1, 0.15) is 5.56 Å². The summed E-state index contributed by atoms with van der Waals surface area (Å²) in [5, 5.41) is 12.0. The number of pyridine rings is 1. The fraction of sp³-hybridized carbons (Fsp3) is 0. The first-order chi connectivity index (χ1) is 12.8. The van der Waals surface area contributed by atoms with E-state index in [1.807, 2.05) is 42.5 Å². The number of para-hydroxylation sites is 3. The SMILES string of the molecule is N#C/C(=C/c1ccncc1)C(=O)Nc1ccccc1Oc1ccccc1. The van der Waals surface area contributed by atoms with E-state index in [1.54, 1.807) is 42.7 Å². The van der Waals surface area contributed by atoms with Crippen LogP contribution >= 0.6 is 0 Å². The summed E-state index contributed by atoms with van der Waals surface area (Å²) >= 11 is 0. The normalized spacial score (nSPS) is 10.7. The fourth-order valence-electron chi connectivity index (χ4n) is 2.24. The molecule has 0 saturated carbocycles. The van der Waals surface area contributed by atoms with Crippen molar-refractivity contribution in [2.24, 2.45) is 0 Å². The summed E-state index contributed by atoms with van der Waals surface area (Å²) in [6.45, 7) is 0. The van der Waals surface area contributed by atoms with Crippen LogP contribution in [0.2, 0.25) is 0 Å². The molecule has 2 aromatic carbocycles. The van der Waals surface area contributed by atoms with Crippen LogP contribution in [0.25, 0.3) is 6.08 Å². The molecule has 3 rings (SSSR count). The lowest BCUT2D eigenvalue weighted by molar-refractivity contribution is -0.112. The Hall–Kier alpha value is -3.91. The van der Waals surface area contributed by atoms with Crippen molar-refractivity contribution in [2.75, 3.05) is 5.32 Å². The highest BCUT2D eigenvalue weighted by molar-refractivity contribution is 6.10. The number of hydrogen-bond donors (Lipinski definition) is 1. The molecule has 1 heterocycles. The first kappa shape index (κ1) is 16.9. The summed E-state index contributed by atoms with van der Waals surface area (Å²) in [6, 6.07) is 21.7. The standard InChI is InChI=1S/C21H15N3O2/c22-15-17(14-16-10-12-23-13-11-16)21(25)24-19-8-4-5-9-20(19)26-18-6-2-1-3-7-18/h1-14H,(H,24,25)/b17-14-. The second kappa shape index (κ2) is 8.27. The molecule has 26 heavy (non-hydrogen) atoms. The lowest BCUT2D eigenvalue weighted by Crippen LogP contribution is -2.14. The Morgan fingerprint density at radius 1 is 1.00 bits per heavy atom. The van der Waals surface area contributed by atoms with Crippen molar-refractivity contribution in [1.82, 2.24) is 4.98 Å². The minimum absolute atomic E-state index is 0.00860. The number of rotatable bonds is 5. The Labute approximate surface area is 151 Å². The minimum atomic E-state index is -0.506. The van der Waals surface area contributed by atoms with E-state index in [1.165, 1.54) is 6.08 Å². The molecule has 0 fully saturated rings. The topological polar surface area (TPSA) is 75.0 Å². The average molecular weight is 341 g/mol. The van der Waals surface area contributed by atoms with Gasteiger partial charge < -0.3 is 10.1 Å². The Kier molecular flexibility index (Phi) is 5.38. The smallest absolute Gasteiger partial charge is 0.266 e. The van der Waals surface area contributed by atoms with Crippen LogP contribution in [0.3, 0.4) is 0 Å². The lowest BCUT2D eigenvalue weighted by atomic mass is 10.1. The Bertz CT molecular complexity index is 961. The zero-order valence-corrected chi connectivity index (χ0v) is 13.8. The van der Waals surface area contributed by atoms with E-state index in [2.05, 4.69) is 10.3 Å². The van der Waals surface area contributed by atoms with Crippen molar-refractivity contribution in [3.63, 3.8) is 0 Å². The number of benzene rings is 2. The minimum Gasteiger partial charge on any atom is -0.455 e. The summed E-state index contributed by atoms with van der Waals surface area (Å²) in [4.78, 5) is 16.4. The van der Waals surface area contributed by atoms with E-state index in [9.17, 15) is 10.1 Å². The zero-order valence-electron chi connectivity index (χ0n) is 13.8. The number of nitriles is 1. The van der Waals surface area contributed by atoms with Crippen molar-refractivity contribution in [2.45, 2.75) is 0 Å². The second-order valence-corrected chi connectivity index (χ2v) is 5.32. The van der Waals surface area contributed by atoms with E-state index in [0.29, 0.717) is 17.2 Å². The van der Waals surface area contributed by atoms with Gasteiger partial charge in [-0.25, -0.2) is 0 Å². The number of nitrogens with zero attached hydrogens (tertiary/aromatic N) is 2. The van der Waals surface area contributed by atoms with Crippen molar-refractivity contribution < 1.29 is 9.53 Å². The summed E-state index contributed by atoms with van der Waals surface area (Å²) < 4.78 is 5.82. The van der Waals surface area contributed by atoms with Gasteiger partial charge in [0.1, 0.15) is 17.4 Å². The first-order valence-corrected chi connectivity index (χ1v) is 7.91. The van der Waals surface area contributed by atoms with Crippen LogP contribution in [0.15, 0.2) is 84.7 Å². The van der Waals surface area contributed by atoms with Gasteiger partial charge in [-0.3, -0.25) is 9.78 Å². The summed E-state index contributed by atoms with van der Waals surface area (Å²) in [5.74, 6) is 0.642. The number of carbonyl (C=O) groups is 1. The van der Waals surface area contributed by atoms with Gasteiger partial charge in [0.15, 0.2) is 5.75 Å². The summed E-state index contributed by atoms with van der Waals surface area (Å²) in [5.41, 5.74) is 1.20. The fourth-order valence-corrected chi connectivity index (χ4v) is 2.24. The molecular formula is C21H15N3O2. The number of amides is 1. The van der Waals surface area contributed by atoms with E-state index in [-0.39, 0.29) is 5.57 Å². The molecule has 0 saturated heterocycles. The molecule has 1 N–H and O–H groups in total. The number of aromatic nitrogens is 1. The van der Waals surface area contributed by atoms with Crippen molar-refractivity contribution in [3.05, 3.63) is 90.3 Å². The van der Waals surface area contributed by atoms with E-state index in [4.69, 9.17) is 4.74 Å². The Morgan fingerprint density at radius 3 is 2.42 bits per heavy atom. The van der Waals surface area contributed by atoms with Gasteiger partial charge in [0.25, 0.3) is 5.91 Å². The molecule has 0 radical (unpaired) electrons. The van der Waals surface area contributed by atoms with Crippen LogP contribution in [0, 0.1) is 11.3 Å². The third-order valence-corrected chi connectivity index (χ3v) is 3.49. The quantitative estimate of drug-likeness (QED) is 0.550. The molecule has 3 aromatic rings. The van der Waals surface area contributed by atoms with Crippen LogP contribution < -0.4 is 10.1 Å². The molecule has 0 aliphatic carbocycles. The summed E-state index contributed by atoms with van der Waals surface area (Å²) in [7, 11) is 0. The van der Waals surface area contributed by atoms with Crippen LogP contribution in [-0.2, 0) is 4.79 Å². The highest BCUT2D eigenvalue weighted by Crippen LogP contribution is 2.29. The number of carbonyl (C=O) groups excluding carboxylic acids is 1. The maximum atomic E-state index is 12.5. The molecule has 0 aliphatic rings. The first-order valence-electron chi connectivity index (χ1n) is 7.91. The molecule has 5 heteroatoms. The van der Waals surface area contributed by atoms with E-state index in [0.717, 1.165) is 5.56 Å². The molecule has 5 nitrogen and oxygen atoms in total. The predicted octanol–water partition coefficient (Wildman–Crippen LogP) is 4.42.